The van der Waals surface area contributed by atoms with Crippen LogP contribution in [0.5, 0.6) is 0 Å². The number of amides is 2. The minimum absolute atomic E-state index is 0.0746. The summed E-state index contributed by atoms with van der Waals surface area (Å²) in [6, 6.07) is 16.2. The number of hydrogen-bond acceptors (Lipinski definition) is 5. The average Bonchev–Trinajstić information content (AvgIpc) is 3.47. The van der Waals surface area contributed by atoms with Gasteiger partial charge in [-0.3, -0.25) is 9.59 Å². The van der Waals surface area contributed by atoms with Gasteiger partial charge in [0, 0.05) is 45.1 Å². The van der Waals surface area contributed by atoms with E-state index in [2.05, 4.69) is 29.6 Å². The zero-order chi connectivity index (χ0) is 23.7. The van der Waals surface area contributed by atoms with Crippen LogP contribution in [0.2, 0.25) is 0 Å². The summed E-state index contributed by atoms with van der Waals surface area (Å²) in [5, 5.41) is 12.1. The standard InChI is InChI=1S/C26H28N2O6/c29-23(30)17-9-12-28(15-17)24(31)26(10-13-33-14-11-26)27-25(32)34-16-22-20-7-3-1-5-18(20)19-6-2-4-8-21(19)22/h1-8,17,22H,9-16H2,(H,27,32)(H,29,30). The van der Waals surface area contributed by atoms with Gasteiger partial charge in [-0.25, -0.2) is 4.79 Å². The molecule has 34 heavy (non-hydrogen) atoms. The first-order chi connectivity index (χ1) is 16.5. The SMILES string of the molecule is O=C(NC1(C(=O)N2CCC(C(=O)O)C2)CCOCC1)OCC1c2ccccc2-c2ccccc21. The van der Waals surface area contributed by atoms with E-state index in [4.69, 9.17) is 9.47 Å². The Balaban J connectivity index is 1.29. The maximum atomic E-state index is 13.4. The number of likely N-dealkylation sites (tertiary alicyclic amines) is 1. The highest BCUT2D eigenvalue weighted by molar-refractivity contribution is 5.91. The summed E-state index contributed by atoms with van der Waals surface area (Å²) in [5.41, 5.74) is 3.37. The Kier molecular flexibility index (Phi) is 6.00. The highest BCUT2D eigenvalue weighted by atomic mass is 16.5. The fourth-order valence-electron chi connectivity index (χ4n) is 5.39. The summed E-state index contributed by atoms with van der Waals surface area (Å²) in [5.74, 6) is -1.81. The number of carboxylic acid groups (broad SMARTS) is 1. The van der Waals surface area contributed by atoms with Gasteiger partial charge in [-0.1, -0.05) is 48.5 Å². The van der Waals surface area contributed by atoms with Gasteiger partial charge >= 0.3 is 12.1 Å². The van der Waals surface area contributed by atoms with Crippen molar-refractivity contribution >= 4 is 18.0 Å². The Morgan fingerprint density at radius 2 is 1.65 bits per heavy atom. The number of carbonyl (C=O) groups excluding carboxylic acids is 2. The fraction of sp³-hybridized carbons (Fsp3) is 0.423. The van der Waals surface area contributed by atoms with Crippen molar-refractivity contribution in [2.75, 3.05) is 32.9 Å². The van der Waals surface area contributed by atoms with E-state index in [1.807, 2.05) is 24.3 Å². The molecule has 0 aromatic heterocycles. The van der Waals surface area contributed by atoms with E-state index in [1.165, 1.54) is 0 Å². The molecule has 2 aromatic rings. The van der Waals surface area contributed by atoms with Crippen LogP contribution in [-0.4, -0.2) is 66.4 Å². The first-order valence-electron chi connectivity index (χ1n) is 11.7. The van der Waals surface area contributed by atoms with Crippen molar-refractivity contribution in [1.29, 1.82) is 0 Å². The largest absolute Gasteiger partial charge is 0.481 e. The number of aliphatic carboxylic acids is 1. The molecule has 178 valence electrons. The molecule has 2 aromatic carbocycles. The molecule has 0 bridgehead atoms. The van der Waals surface area contributed by atoms with E-state index in [9.17, 15) is 19.5 Å². The molecular formula is C26H28N2O6. The molecule has 2 aliphatic heterocycles. The maximum Gasteiger partial charge on any atom is 0.408 e. The first kappa shape index (κ1) is 22.4. The lowest BCUT2D eigenvalue weighted by atomic mass is 9.88. The van der Waals surface area contributed by atoms with Crippen LogP contribution in [0.3, 0.4) is 0 Å². The normalized spacial score (nSPS) is 20.9. The zero-order valence-electron chi connectivity index (χ0n) is 18.9. The second-order valence-corrected chi connectivity index (χ2v) is 9.22. The Labute approximate surface area is 197 Å². The number of benzene rings is 2. The Morgan fingerprint density at radius 3 is 2.24 bits per heavy atom. The van der Waals surface area contributed by atoms with Crippen LogP contribution in [0.15, 0.2) is 48.5 Å². The minimum Gasteiger partial charge on any atom is -0.481 e. The number of rotatable bonds is 5. The Bertz CT molecular complexity index is 1060. The lowest BCUT2D eigenvalue weighted by Gasteiger charge is -2.38. The Morgan fingerprint density at radius 1 is 1.03 bits per heavy atom. The third kappa shape index (κ3) is 4.03. The molecule has 5 rings (SSSR count). The van der Waals surface area contributed by atoms with E-state index in [-0.39, 0.29) is 25.0 Å². The molecule has 1 unspecified atom stereocenters. The molecular weight excluding hydrogens is 436 g/mol. The van der Waals surface area contributed by atoms with Gasteiger partial charge in [0.05, 0.1) is 5.92 Å². The zero-order valence-corrected chi connectivity index (χ0v) is 18.9. The molecule has 2 N–H and O–H groups in total. The number of ether oxygens (including phenoxy) is 2. The second-order valence-electron chi connectivity index (χ2n) is 9.22. The van der Waals surface area contributed by atoms with Gasteiger partial charge in [0.15, 0.2) is 0 Å². The third-order valence-corrected chi connectivity index (χ3v) is 7.27. The van der Waals surface area contributed by atoms with E-state index >= 15 is 0 Å². The fourth-order valence-corrected chi connectivity index (χ4v) is 5.39. The molecule has 2 heterocycles. The van der Waals surface area contributed by atoms with Gasteiger partial charge in [-0.15, -0.1) is 0 Å². The number of nitrogens with zero attached hydrogens (tertiary/aromatic N) is 1. The van der Waals surface area contributed by atoms with E-state index in [0.29, 0.717) is 39.0 Å². The summed E-state index contributed by atoms with van der Waals surface area (Å²) in [6.45, 7) is 1.36. The van der Waals surface area contributed by atoms with Gasteiger partial charge in [-0.2, -0.15) is 0 Å². The Hall–Kier alpha value is -3.39. The van der Waals surface area contributed by atoms with Crippen LogP contribution in [0.4, 0.5) is 4.79 Å². The van der Waals surface area contributed by atoms with Crippen molar-refractivity contribution in [1.82, 2.24) is 10.2 Å². The number of carboxylic acids is 1. The van der Waals surface area contributed by atoms with Crippen LogP contribution in [0, 0.1) is 5.92 Å². The third-order valence-electron chi connectivity index (χ3n) is 7.27. The second kappa shape index (κ2) is 9.10. The summed E-state index contributed by atoms with van der Waals surface area (Å²) < 4.78 is 11.1. The first-order valence-corrected chi connectivity index (χ1v) is 11.7. The maximum absolute atomic E-state index is 13.4. The topological polar surface area (TPSA) is 105 Å². The van der Waals surface area contributed by atoms with Crippen molar-refractivity contribution in [3.63, 3.8) is 0 Å². The molecule has 1 aliphatic carbocycles. The van der Waals surface area contributed by atoms with Gasteiger partial charge in [0.2, 0.25) is 5.91 Å². The summed E-state index contributed by atoms with van der Waals surface area (Å²) in [7, 11) is 0. The number of carbonyl (C=O) groups is 3. The molecule has 3 aliphatic rings. The van der Waals surface area contributed by atoms with E-state index in [0.717, 1.165) is 22.3 Å². The van der Waals surface area contributed by atoms with Crippen LogP contribution in [0.1, 0.15) is 36.3 Å². The minimum atomic E-state index is -1.14. The predicted molar refractivity (Wildman–Crippen MR) is 123 cm³/mol. The molecule has 8 nitrogen and oxygen atoms in total. The summed E-state index contributed by atoms with van der Waals surface area (Å²) >= 11 is 0. The highest BCUT2D eigenvalue weighted by Crippen LogP contribution is 2.44. The van der Waals surface area contributed by atoms with Crippen LogP contribution >= 0.6 is 0 Å². The van der Waals surface area contributed by atoms with Gasteiger partial charge in [0.25, 0.3) is 0 Å². The van der Waals surface area contributed by atoms with Crippen LogP contribution in [0.25, 0.3) is 11.1 Å². The molecule has 2 fully saturated rings. The van der Waals surface area contributed by atoms with Crippen molar-refractivity contribution in [3.05, 3.63) is 59.7 Å². The van der Waals surface area contributed by atoms with Crippen LogP contribution in [-0.2, 0) is 19.1 Å². The smallest absolute Gasteiger partial charge is 0.408 e. The molecule has 8 heteroatoms. The molecule has 1 atom stereocenters. The van der Waals surface area contributed by atoms with Gasteiger partial charge < -0.3 is 24.8 Å². The van der Waals surface area contributed by atoms with E-state index < -0.39 is 23.5 Å². The van der Waals surface area contributed by atoms with Crippen molar-refractivity contribution in [2.45, 2.75) is 30.7 Å². The van der Waals surface area contributed by atoms with Crippen molar-refractivity contribution < 1.29 is 29.0 Å². The van der Waals surface area contributed by atoms with Crippen LogP contribution < -0.4 is 5.32 Å². The van der Waals surface area contributed by atoms with Crippen molar-refractivity contribution in [2.24, 2.45) is 5.92 Å². The summed E-state index contributed by atoms with van der Waals surface area (Å²) in [6.07, 6.45) is 0.415. The highest BCUT2D eigenvalue weighted by Gasteiger charge is 2.46. The molecule has 0 radical (unpaired) electrons. The van der Waals surface area contributed by atoms with Crippen molar-refractivity contribution in [3.8, 4) is 11.1 Å². The summed E-state index contributed by atoms with van der Waals surface area (Å²) in [4.78, 5) is 39.3. The van der Waals surface area contributed by atoms with Gasteiger partial charge in [-0.05, 0) is 28.7 Å². The number of alkyl carbamates (subject to hydrolysis) is 1. The quantitative estimate of drug-likeness (QED) is 0.705. The van der Waals surface area contributed by atoms with Gasteiger partial charge in [0.1, 0.15) is 12.1 Å². The number of hydrogen-bond donors (Lipinski definition) is 2. The monoisotopic (exact) mass is 464 g/mol. The number of nitrogens with one attached hydrogen (secondary N) is 1. The molecule has 2 saturated heterocycles. The van der Waals surface area contributed by atoms with E-state index in [1.54, 1.807) is 4.90 Å². The molecule has 0 saturated carbocycles. The molecule has 2 amide bonds. The number of fused-ring (bicyclic) bond motifs is 3. The predicted octanol–water partition coefficient (Wildman–Crippen LogP) is 3.01. The lowest BCUT2D eigenvalue weighted by molar-refractivity contribution is -0.143. The molecule has 0 spiro atoms. The lowest BCUT2D eigenvalue weighted by Crippen LogP contribution is -2.62. The average molecular weight is 465 g/mol.